The normalized spacial score (nSPS) is 13.3. The molecule has 0 aliphatic heterocycles. The molecule has 2 rings (SSSR count). The van der Waals surface area contributed by atoms with E-state index in [0.29, 0.717) is 12.1 Å². The van der Waals surface area contributed by atoms with Gasteiger partial charge in [0.2, 0.25) is 0 Å². The van der Waals surface area contributed by atoms with Gasteiger partial charge in [-0.05, 0) is 43.2 Å². The molecule has 1 aromatic heterocycles. The van der Waals surface area contributed by atoms with E-state index < -0.39 is 0 Å². The predicted octanol–water partition coefficient (Wildman–Crippen LogP) is 3.80. The Labute approximate surface area is 113 Å². The summed E-state index contributed by atoms with van der Waals surface area (Å²) in [6.07, 6.45) is 0.302. The van der Waals surface area contributed by atoms with E-state index in [9.17, 15) is 0 Å². The molecule has 98 valence electrons. The van der Waals surface area contributed by atoms with Gasteiger partial charge in [0, 0.05) is 17.3 Å². The Balaban J connectivity index is 1.90. The Bertz CT molecular complexity index is 492. The highest BCUT2D eigenvalue weighted by Crippen LogP contribution is 2.25. The van der Waals surface area contributed by atoms with Crippen molar-refractivity contribution >= 4 is 21.4 Å². The van der Waals surface area contributed by atoms with E-state index in [1.807, 2.05) is 11.3 Å². The van der Waals surface area contributed by atoms with Gasteiger partial charge in [0.15, 0.2) is 0 Å². The van der Waals surface area contributed by atoms with Gasteiger partial charge in [0.05, 0.1) is 12.7 Å². The monoisotopic (exact) mass is 263 g/mol. The molecule has 2 nitrogen and oxygen atoms in total. The summed E-state index contributed by atoms with van der Waals surface area (Å²) in [7, 11) is 0. The molecule has 1 aromatic carbocycles. The van der Waals surface area contributed by atoms with Crippen LogP contribution in [-0.2, 0) is 11.3 Å². The van der Waals surface area contributed by atoms with Crippen molar-refractivity contribution in [3.8, 4) is 0 Å². The molecule has 0 saturated heterocycles. The number of rotatable bonds is 6. The fourth-order valence-corrected chi connectivity index (χ4v) is 2.81. The summed E-state index contributed by atoms with van der Waals surface area (Å²) in [5, 5.41) is 7.13. The van der Waals surface area contributed by atoms with Crippen LogP contribution >= 0.6 is 11.3 Å². The Morgan fingerprint density at radius 1 is 1.22 bits per heavy atom. The summed E-state index contributed by atoms with van der Waals surface area (Å²) in [4.78, 5) is 0. The van der Waals surface area contributed by atoms with Crippen LogP contribution in [0.2, 0.25) is 0 Å². The van der Waals surface area contributed by atoms with E-state index in [4.69, 9.17) is 4.74 Å². The number of benzene rings is 1. The number of fused-ring (bicyclic) bond motifs is 1. The molecule has 0 fully saturated rings. The lowest BCUT2D eigenvalue weighted by Crippen LogP contribution is -2.31. The lowest BCUT2D eigenvalue weighted by atomic mass is 10.2. The number of nitrogens with one attached hydrogen (secondary N) is 1. The molecule has 0 aliphatic carbocycles. The zero-order chi connectivity index (χ0) is 13.0. The van der Waals surface area contributed by atoms with E-state index in [-0.39, 0.29) is 0 Å². The van der Waals surface area contributed by atoms with Crippen LogP contribution in [0.4, 0.5) is 0 Å². The topological polar surface area (TPSA) is 21.3 Å². The molecule has 1 unspecified atom stereocenters. The SMILES string of the molecule is CC(COC(C)C)NCc1csc2ccccc12. The minimum Gasteiger partial charge on any atom is -0.377 e. The fraction of sp³-hybridized carbons (Fsp3) is 0.467. The van der Waals surface area contributed by atoms with Crippen molar-refractivity contribution in [2.24, 2.45) is 0 Å². The summed E-state index contributed by atoms with van der Waals surface area (Å²) in [5.74, 6) is 0. The van der Waals surface area contributed by atoms with Crippen molar-refractivity contribution in [3.63, 3.8) is 0 Å². The van der Waals surface area contributed by atoms with Gasteiger partial charge in [-0.15, -0.1) is 11.3 Å². The zero-order valence-electron chi connectivity index (χ0n) is 11.3. The Morgan fingerprint density at radius 2 is 2.00 bits per heavy atom. The number of thiophene rings is 1. The first-order valence-electron chi connectivity index (χ1n) is 6.47. The van der Waals surface area contributed by atoms with Crippen LogP contribution < -0.4 is 5.32 Å². The molecule has 0 amide bonds. The zero-order valence-corrected chi connectivity index (χ0v) is 12.1. The third-order valence-corrected chi connectivity index (χ3v) is 3.89. The molecule has 0 aliphatic rings. The Hall–Kier alpha value is -0.900. The average molecular weight is 263 g/mol. The van der Waals surface area contributed by atoms with Gasteiger partial charge in [-0.3, -0.25) is 0 Å². The van der Waals surface area contributed by atoms with Crippen LogP contribution in [0.3, 0.4) is 0 Å². The van der Waals surface area contributed by atoms with Gasteiger partial charge in [-0.2, -0.15) is 0 Å². The molecule has 1 N–H and O–H groups in total. The third-order valence-electron chi connectivity index (χ3n) is 2.88. The molecule has 0 saturated carbocycles. The number of ether oxygens (including phenoxy) is 1. The summed E-state index contributed by atoms with van der Waals surface area (Å²) >= 11 is 1.81. The van der Waals surface area contributed by atoms with Crippen LogP contribution in [0, 0.1) is 0 Å². The minimum atomic E-state index is 0.302. The van der Waals surface area contributed by atoms with Crippen LogP contribution in [0.15, 0.2) is 29.6 Å². The molecule has 0 bridgehead atoms. The van der Waals surface area contributed by atoms with Gasteiger partial charge in [-0.25, -0.2) is 0 Å². The first-order chi connectivity index (χ1) is 8.66. The molecule has 1 atom stereocenters. The smallest absolute Gasteiger partial charge is 0.0620 e. The highest BCUT2D eigenvalue weighted by molar-refractivity contribution is 7.17. The fourth-order valence-electron chi connectivity index (χ4n) is 1.85. The summed E-state index contributed by atoms with van der Waals surface area (Å²) in [6.45, 7) is 7.97. The van der Waals surface area contributed by atoms with E-state index in [0.717, 1.165) is 13.2 Å². The first-order valence-corrected chi connectivity index (χ1v) is 7.35. The second kappa shape index (κ2) is 6.32. The first kappa shape index (κ1) is 13.5. The molecule has 0 spiro atoms. The predicted molar refractivity (Wildman–Crippen MR) is 79.2 cm³/mol. The van der Waals surface area contributed by atoms with E-state index in [2.05, 4.69) is 55.7 Å². The maximum atomic E-state index is 5.60. The molecular weight excluding hydrogens is 242 g/mol. The van der Waals surface area contributed by atoms with Gasteiger partial charge in [0.1, 0.15) is 0 Å². The van der Waals surface area contributed by atoms with Gasteiger partial charge >= 0.3 is 0 Å². The lowest BCUT2D eigenvalue weighted by molar-refractivity contribution is 0.0643. The molecule has 0 radical (unpaired) electrons. The molecule has 3 heteroatoms. The van der Waals surface area contributed by atoms with Gasteiger partial charge < -0.3 is 10.1 Å². The van der Waals surface area contributed by atoms with Crippen molar-refractivity contribution in [2.75, 3.05) is 6.61 Å². The second-order valence-electron chi connectivity index (χ2n) is 4.92. The maximum Gasteiger partial charge on any atom is 0.0620 e. The maximum absolute atomic E-state index is 5.60. The quantitative estimate of drug-likeness (QED) is 0.856. The van der Waals surface area contributed by atoms with E-state index >= 15 is 0 Å². The van der Waals surface area contributed by atoms with Gasteiger partial charge in [0.25, 0.3) is 0 Å². The largest absolute Gasteiger partial charge is 0.377 e. The van der Waals surface area contributed by atoms with Crippen LogP contribution in [-0.4, -0.2) is 18.8 Å². The molecule has 18 heavy (non-hydrogen) atoms. The minimum absolute atomic E-state index is 0.302. The Kier molecular flexibility index (Phi) is 4.75. The lowest BCUT2D eigenvalue weighted by Gasteiger charge is -2.15. The number of hydrogen-bond acceptors (Lipinski definition) is 3. The van der Waals surface area contributed by atoms with Crippen LogP contribution in [0.5, 0.6) is 0 Å². The highest BCUT2D eigenvalue weighted by Gasteiger charge is 2.06. The van der Waals surface area contributed by atoms with E-state index in [1.165, 1.54) is 15.6 Å². The molecule has 1 heterocycles. The van der Waals surface area contributed by atoms with Crippen molar-refractivity contribution in [2.45, 2.75) is 39.5 Å². The number of hydrogen-bond donors (Lipinski definition) is 1. The summed E-state index contributed by atoms with van der Waals surface area (Å²) in [6, 6.07) is 8.94. The van der Waals surface area contributed by atoms with Crippen molar-refractivity contribution in [3.05, 3.63) is 35.2 Å². The summed E-state index contributed by atoms with van der Waals surface area (Å²) in [5.41, 5.74) is 1.38. The third kappa shape index (κ3) is 3.55. The molecule has 2 aromatic rings. The van der Waals surface area contributed by atoms with Crippen molar-refractivity contribution < 1.29 is 4.74 Å². The van der Waals surface area contributed by atoms with Crippen LogP contribution in [0.1, 0.15) is 26.3 Å². The van der Waals surface area contributed by atoms with Crippen molar-refractivity contribution in [1.82, 2.24) is 5.32 Å². The molecular formula is C15H21NOS. The van der Waals surface area contributed by atoms with Crippen LogP contribution in [0.25, 0.3) is 10.1 Å². The highest BCUT2D eigenvalue weighted by atomic mass is 32.1. The second-order valence-corrected chi connectivity index (χ2v) is 5.83. The summed E-state index contributed by atoms with van der Waals surface area (Å²) < 4.78 is 6.96. The van der Waals surface area contributed by atoms with Gasteiger partial charge in [-0.1, -0.05) is 18.2 Å². The Morgan fingerprint density at radius 3 is 2.78 bits per heavy atom. The van der Waals surface area contributed by atoms with E-state index in [1.54, 1.807) is 0 Å². The standard InChI is InChI=1S/C15H21NOS/c1-11(2)17-9-12(3)16-8-13-10-18-15-7-5-4-6-14(13)15/h4-7,10-12,16H,8-9H2,1-3H3. The average Bonchev–Trinajstić information content (AvgIpc) is 2.77. The van der Waals surface area contributed by atoms with Crippen molar-refractivity contribution in [1.29, 1.82) is 0 Å².